The molecule has 0 fully saturated rings. The number of anilines is 2. The Bertz CT molecular complexity index is 884. The van der Waals surface area contributed by atoms with E-state index in [-0.39, 0.29) is 17.2 Å². The summed E-state index contributed by atoms with van der Waals surface area (Å²) < 4.78 is 26.5. The summed E-state index contributed by atoms with van der Waals surface area (Å²) in [6.45, 7) is 0.408. The number of benzene rings is 2. The van der Waals surface area contributed by atoms with Crippen LogP contribution < -0.4 is 10.6 Å². The number of carbonyl (C=O) groups excluding carboxylic acids is 1. The lowest BCUT2D eigenvalue weighted by Gasteiger charge is -2.08. The first-order valence-corrected chi connectivity index (χ1v) is 7.48. The average molecular weight is 340 g/mol. The molecule has 0 aliphatic heterocycles. The van der Waals surface area contributed by atoms with Gasteiger partial charge in [0.1, 0.15) is 29.5 Å². The van der Waals surface area contributed by atoms with Crippen LogP contribution in [0.1, 0.15) is 16.1 Å². The molecule has 1 amide bonds. The summed E-state index contributed by atoms with van der Waals surface area (Å²) in [5, 5.41) is 5.48. The predicted octanol–water partition coefficient (Wildman–Crippen LogP) is 3.62. The third kappa shape index (κ3) is 4.35. The minimum absolute atomic E-state index is 0.0759. The number of nitrogens with zero attached hydrogens (tertiary/aromatic N) is 2. The minimum atomic E-state index is -0.544. The number of para-hydroxylation sites is 1. The molecule has 25 heavy (non-hydrogen) atoms. The lowest BCUT2D eigenvalue weighted by atomic mass is 10.2. The Morgan fingerprint density at radius 3 is 2.52 bits per heavy atom. The van der Waals surface area contributed by atoms with Crippen molar-refractivity contribution in [2.45, 2.75) is 6.54 Å². The van der Waals surface area contributed by atoms with Gasteiger partial charge in [0.15, 0.2) is 0 Å². The van der Waals surface area contributed by atoms with E-state index in [9.17, 15) is 13.6 Å². The van der Waals surface area contributed by atoms with Crippen LogP contribution in [0, 0.1) is 11.6 Å². The second kappa shape index (κ2) is 7.48. The number of hydrogen-bond acceptors (Lipinski definition) is 4. The van der Waals surface area contributed by atoms with E-state index in [0.29, 0.717) is 12.4 Å². The van der Waals surface area contributed by atoms with Crippen molar-refractivity contribution in [2.75, 3.05) is 10.6 Å². The highest BCUT2D eigenvalue weighted by atomic mass is 19.1. The van der Waals surface area contributed by atoms with Crippen LogP contribution in [-0.2, 0) is 6.54 Å². The number of halogens is 2. The van der Waals surface area contributed by atoms with Crippen LogP contribution in [0.4, 0.5) is 20.3 Å². The first-order chi connectivity index (χ1) is 12.1. The van der Waals surface area contributed by atoms with Gasteiger partial charge in [0.2, 0.25) is 0 Å². The number of carbonyl (C=O) groups is 1. The van der Waals surface area contributed by atoms with Gasteiger partial charge in [-0.05, 0) is 29.8 Å². The van der Waals surface area contributed by atoms with E-state index in [0.717, 1.165) is 5.56 Å². The van der Waals surface area contributed by atoms with Crippen LogP contribution in [0.2, 0.25) is 0 Å². The highest BCUT2D eigenvalue weighted by Gasteiger charge is 2.11. The smallest absolute Gasteiger partial charge is 0.274 e. The van der Waals surface area contributed by atoms with Gasteiger partial charge in [-0.2, -0.15) is 0 Å². The molecule has 0 saturated heterocycles. The second-order valence-electron chi connectivity index (χ2n) is 5.20. The largest absolute Gasteiger partial charge is 0.366 e. The lowest BCUT2D eigenvalue weighted by Crippen LogP contribution is -2.15. The zero-order chi connectivity index (χ0) is 17.6. The maximum absolute atomic E-state index is 13.6. The van der Waals surface area contributed by atoms with Gasteiger partial charge < -0.3 is 10.6 Å². The summed E-state index contributed by atoms with van der Waals surface area (Å²) in [6, 6.07) is 13.4. The number of aromatic nitrogens is 2. The van der Waals surface area contributed by atoms with Gasteiger partial charge in [0.05, 0.1) is 5.69 Å². The molecular formula is C18H14F2N4O. The number of amides is 1. The van der Waals surface area contributed by atoms with Crippen molar-refractivity contribution in [3.63, 3.8) is 0 Å². The monoisotopic (exact) mass is 340 g/mol. The van der Waals surface area contributed by atoms with E-state index in [4.69, 9.17) is 0 Å². The molecule has 0 atom stereocenters. The summed E-state index contributed by atoms with van der Waals surface area (Å²) in [5.74, 6) is -0.951. The summed E-state index contributed by atoms with van der Waals surface area (Å²) in [7, 11) is 0. The standard InChI is InChI=1S/C18H14F2N4O/c19-13-7-5-12(6-8-13)10-21-17-9-16(22-11-23-17)18(25)24-15-4-2-1-3-14(15)20/h1-9,11H,10H2,(H,24,25)(H,21,22,23). The molecule has 2 aromatic carbocycles. The highest BCUT2D eigenvalue weighted by Crippen LogP contribution is 2.14. The van der Waals surface area contributed by atoms with Crippen molar-refractivity contribution < 1.29 is 13.6 Å². The first kappa shape index (κ1) is 16.5. The molecule has 1 aromatic heterocycles. The molecule has 0 bridgehead atoms. The highest BCUT2D eigenvalue weighted by molar-refractivity contribution is 6.03. The third-order valence-corrected chi connectivity index (χ3v) is 3.41. The Hall–Kier alpha value is -3.35. The molecule has 0 spiro atoms. The molecule has 2 N–H and O–H groups in total. The van der Waals surface area contributed by atoms with Gasteiger partial charge in [0, 0.05) is 12.6 Å². The van der Waals surface area contributed by atoms with Crippen LogP contribution in [0.15, 0.2) is 60.9 Å². The van der Waals surface area contributed by atoms with Gasteiger partial charge in [-0.15, -0.1) is 0 Å². The quantitative estimate of drug-likeness (QED) is 0.744. The fraction of sp³-hybridized carbons (Fsp3) is 0.0556. The van der Waals surface area contributed by atoms with Crippen molar-refractivity contribution >= 4 is 17.4 Å². The van der Waals surface area contributed by atoms with Gasteiger partial charge in [-0.3, -0.25) is 4.79 Å². The van der Waals surface area contributed by atoms with E-state index in [1.54, 1.807) is 18.2 Å². The van der Waals surface area contributed by atoms with E-state index in [1.165, 1.54) is 42.7 Å². The van der Waals surface area contributed by atoms with Crippen LogP contribution in [0.25, 0.3) is 0 Å². The summed E-state index contributed by atoms with van der Waals surface area (Å²) in [5.41, 5.74) is 1.03. The summed E-state index contributed by atoms with van der Waals surface area (Å²) in [4.78, 5) is 20.1. The first-order valence-electron chi connectivity index (χ1n) is 7.48. The zero-order valence-electron chi connectivity index (χ0n) is 13.0. The maximum Gasteiger partial charge on any atom is 0.274 e. The lowest BCUT2D eigenvalue weighted by molar-refractivity contribution is 0.102. The Balaban J connectivity index is 1.67. The Morgan fingerprint density at radius 2 is 1.76 bits per heavy atom. The molecule has 126 valence electrons. The number of rotatable bonds is 5. The second-order valence-corrected chi connectivity index (χ2v) is 5.20. The molecule has 0 aliphatic rings. The molecule has 3 rings (SSSR count). The van der Waals surface area contributed by atoms with E-state index < -0.39 is 11.7 Å². The van der Waals surface area contributed by atoms with Gasteiger partial charge >= 0.3 is 0 Å². The molecule has 3 aromatic rings. The topological polar surface area (TPSA) is 66.9 Å². The van der Waals surface area contributed by atoms with Crippen molar-refractivity contribution in [1.82, 2.24) is 9.97 Å². The SMILES string of the molecule is O=C(Nc1ccccc1F)c1cc(NCc2ccc(F)cc2)ncn1. The van der Waals surface area contributed by atoms with Gasteiger partial charge in [-0.25, -0.2) is 18.7 Å². The van der Waals surface area contributed by atoms with Crippen LogP contribution in [0.5, 0.6) is 0 Å². The number of hydrogen-bond donors (Lipinski definition) is 2. The van der Waals surface area contributed by atoms with Crippen molar-refractivity contribution in [3.05, 3.63) is 83.8 Å². The number of nitrogens with one attached hydrogen (secondary N) is 2. The van der Waals surface area contributed by atoms with Crippen molar-refractivity contribution in [3.8, 4) is 0 Å². The van der Waals surface area contributed by atoms with E-state index in [2.05, 4.69) is 20.6 Å². The average Bonchev–Trinajstić information content (AvgIpc) is 2.63. The molecule has 5 nitrogen and oxygen atoms in total. The van der Waals surface area contributed by atoms with Gasteiger partial charge in [0.25, 0.3) is 5.91 Å². The van der Waals surface area contributed by atoms with Crippen LogP contribution in [-0.4, -0.2) is 15.9 Å². The Kier molecular flexibility index (Phi) is 4.94. The third-order valence-electron chi connectivity index (χ3n) is 3.41. The van der Waals surface area contributed by atoms with E-state index in [1.807, 2.05) is 0 Å². The molecule has 7 heteroatoms. The predicted molar refractivity (Wildman–Crippen MR) is 90.1 cm³/mol. The van der Waals surface area contributed by atoms with E-state index >= 15 is 0 Å². The van der Waals surface area contributed by atoms with Crippen LogP contribution >= 0.6 is 0 Å². The molecule has 0 aliphatic carbocycles. The molecule has 0 unspecified atom stereocenters. The Labute approximate surface area is 142 Å². The van der Waals surface area contributed by atoms with Gasteiger partial charge in [-0.1, -0.05) is 24.3 Å². The Morgan fingerprint density at radius 1 is 1.00 bits per heavy atom. The summed E-state index contributed by atoms with van der Waals surface area (Å²) >= 11 is 0. The van der Waals surface area contributed by atoms with Crippen molar-refractivity contribution in [1.29, 1.82) is 0 Å². The van der Waals surface area contributed by atoms with Crippen molar-refractivity contribution in [2.24, 2.45) is 0 Å². The normalized spacial score (nSPS) is 10.3. The fourth-order valence-electron chi connectivity index (χ4n) is 2.12. The summed E-state index contributed by atoms with van der Waals surface area (Å²) in [6.07, 6.45) is 1.24. The molecule has 0 radical (unpaired) electrons. The molecule has 1 heterocycles. The fourth-order valence-corrected chi connectivity index (χ4v) is 2.12. The minimum Gasteiger partial charge on any atom is -0.366 e. The maximum atomic E-state index is 13.6. The molecule has 0 saturated carbocycles. The zero-order valence-corrected chi connectivity index (χ0v) is 13.0. The van der Waals surface area contributed by atoms with Crippen LogP contribution in [0.3, 0.4) is 0 Å². The molecular weight excluding hydrogens is 326 g/mol.